The van der Waals surface area contributed by atoms with E-state index in [9.17, 15) is 14.4 Å². The first-order valence-electron chi connectivity index (χ1n) is 6.18. The Hall–Kier alpha value is -1.59. The number of carbonyl (C=O) groups is 3. The molecule has 1 unspecified atom stereocenters. The molecule has 1 atom stereocenters. The van der Waals surface area contributed by atoms with Gasteiger partial charge in [0.2, 0.25) is 5.91 Å². The van der Waals surface area contributed by atoms with E-state index >= 15 is 0 Å². The number of amides is 1. The second kappa shape index (κ2) is 6.98. The number of carbonyl (C=O) groups excluding carboxylic acids is 2. The van der Waals surface area contributed by atoms with Gasteiger partial charge in [-0.1, -0.05) is 0 Å². The van der Waals surface area contributed by atoms with E-state index in [0.29, 0.717) is 19.7 Å². The first-order valence-corrected chi connectivity index (χ1v) is 6.18. The minimum Gasteiger partial charge on any atom is -0.481 e. The van der Waals surface area contributed by atoms with E-state index in [1.54, 1.807) is 11.8 Å². The Labute approximate surface area is 106 Å². The van der Waals surface area contributed by atoms with E-state index < -0.39 is 5.97 Å². The number of rotatable bonds is 6. The van der Waals surface area contributed by atoms with Crippen molar-refractivity contribution in [2.45, 2.75) is 32.6 Å². The van der Waals surface area contributed by atoms with E-state index in [-0.39, 0.29) is 37.1 Å². The van der Waals surface area contributed by atoms with E-state index in [0.717, 1.165) is 6.42 Å². The molecule has 1 amide bonds. The van der Waals surface area contributed by atoms with Gasteiger partial charge in [0.25, 0.3) is 0 Å². The van der Waals surface area contributed by atoms with Gasteiger partial charge in [-0.2, -0.15) is 0 Å². The lowest BCUT2D eigenvalue weighted by atomic mass is 10.1. The van der Waals surface area contributed by atoms with Crippen LogP contribution in [0.25, 0.3) is 0 Å². The quantitative estimate of drug-likeness (QED) is 0.706. The van der Waals surface area contributed by atoms with Crippen molar-refractivity contribution in [2.24, 2.45) is 5.92 Å². The molecule has 0 bridgehead atoms. The molecule has 6 heteroatoms. The van der Waals surface area contributed by atoms with Crippen LogP contribution in [0.3, 0.4) is 0 Å². The Morgan fingerprint density at radius 1 is 1.33 bits per heavy atom. The van der Waals surface area contributed by atoms with Gasteiger partial charge in [-0.15, -0.1) is 0 Å². The summed E-state index contributed by atoms with van der Waals surface area (Å²) in [5, 5.41) is 8.67. The molecule has 1 fully saturated rings. The smallest absolute Gasteiger partial charge is 0.306 e. The molecule has 1 saturated heterocycles. The molecule has 1 aliphatic rings. The lowest BCUT2D eigenvalue weighted by Crippen LogP contribution is -2.29. The van der Waals surface area contributed by atoms with Gasteiger partial charge >= 0.3 is 11.9 Å². The number of hydrogen-bond acceptors (Lipinski definition) is 4. The number of aliphatic carboxylic acids is 1. The zero-order valence-corrected chi connectivity index (χ0v) is 10.6. The molecule has 0 aromatic rings. The van der Waals surface area contributed by atoms with Crippen LogP contribution in [0.15, 0.2) is 0 Å². The van der Waals surface area contributed by atoms with Crippen molar-refractivity contribution in [3.63, 3.8) is 0 Å². The maximum atomic E-state index is 11.8. The number of carboxylic acids is 1. The summed E-state index contributed by atoms with van der Waals surface area (Å²) in [6.45, 7) is 3.10. The molecule has 18 heavy (non-hydrogen) atoms. The lowest BCUT2D eigenvalue weighted by molar-refractivity contribution is -0.145. The number of nitrogens with zero attached hydrogens (tertiary/aromatic N) is 1. The third kappa shape index (κ3) is 4.73. The van der Waals surface area contributed by atoms with Crippen LogP contribution in [0, 0.1) is 5.92 Å². The largest absolute Gasteiger partial charge is 0.481 e. The topological polar surface area (TPSA) is 83.9 Å². The molecule has 0 aromatic heterocycles. The van der Waals surface area contributed by atoms with Gasteiger partial charge in [0, 0.05) is 25.9 Å². The maximum absolute atomic E-state index is 11.8. The number of carboxylic acid groups (broad SMARTS) is 1. The van der Waals surface area contributed by atoms with Crippen molar-refractivity contribution in [2.75, 3.05) is 19.7 Å². The number of esters is 1. The molecule has 1 N–H and O–H groups in total. The van der Waals surface area contributed by atoms with Crippen LogP contribution in [0.4, 0.5) is 0 Å². The summed E-state index contributed by atoms with van der Waals surface area (Å²) in [5.74, 6) is -1.27. The first-order chi connectivity index (χ1) is 8.52. The van der Waals surface area contributed by atoms with E-state index in [4.69, 9.17) is 9.84 Å². The Morgan fingerprint density at radius 2 is 2.06 bits per heavy atom. The number of likely N-dealkylation sites (tertiary alicyclic amines) is 1. The summed E-state index contributed by atoms with van der Waals surface area (Å²) in [7, 11) is 0. The van der Waals surface area contributed by atoms with Crippen LogP contribution in [0.5, 0.6) is 0 Å². The molecule has 0 aromatic carbocycles. The van der Waals surface area contributed by atoms with Crippen LogP contribution in [0.2, 0.25) is 0 Å². The van der Waals surface area contributed by atoms with Crippen molar-refractivity contribution >= 4 is 17.8 Å². The van der Waals surface area contributed by atoms with Crippen molar-refractivity contribution in [3.8, 4) is 0 Å². The average Bonchev–Trinajstić information content (AvgIpc) is 2.74. The molecule has 1 rings (SSSR count). The average molecular weight is 257 g/mol. The lowest BCUT2D eigenvalue weighted by Gasteiger charge is -2.15. The molecule has 1 heterocycles. The van der Waals surface area contributed by atoms with Gasteiger partial charge in [0.15, 0.2) is 0 Å². The molecule has 102 valence electrons. The van der Waals surface area contributed by atoms with Gasteiger partial charge in [0.1, 0.15) is 0 Å². The van der Waals surface area contributed by atoms with Crippen LogP contribution in [0.1, 0.15) is 32.6 Å². The summed E-state index contributed by atoms with van der Waals surface area (Å²) in [4.78, 5) is 35.0. The maximum Gasteiger partial charge on any atom is 0.306 e. The summed E-state index contributed by atoms with van der Waals surface area (Å²) >= 11 is 0. The second-order valence-electron chi connectivity index (χ2n) is 4.40. The molecule has 0 spiro atoms. The normalized spacial score (nSPS) is 18.7. The SMILES string of the molecule is CCOC(=O)CCC(=O)N1CCC(CC(=O)O)C1. The molecule has 6 nitrogen and oxygen atoms in total. The summed E-state index contributed by atoms with van der Waals surface area (Å²) in [6, 6.07) is 0. The van der Waals surface area contributed by atoms with Crippen molar-refractivity contribution in [1.29, 1.82) is 0 Å². The Morgan fingerprint density at radius 3 is 2.67 bits per heavy atom. The highest BCUT2D eigenvalue weighted by molar-refractivity contribution is 5.81. The number of ether oxygens (including phenoxy) is 1. The first kappa shape index (κ1) is 14.5. The second-order valence-corrected chi connectivity index (χ2v) is 4.40. The highest BCUT2D eigenvalue weighted by Crippen LogP contribution is 2.20. The zero-order chi connectivity index (χ0) is 13.5. The molecular formula is C12H19NO5. The molecule has 0 radical (unpaired) electrons. The predicted molar refractivity (Wildman–Crippen MR) is 62.8 cm³/mol. The van der Waals surface area contributed by atoms with Crippen LogP contribution in [-0.4, -0.2) is 47.5 Å². The molecule has 0 aliphatic carbocycles. The monoisotopic (exact) mass is 257 g/mol. The molecular weight excluding hydrogens is 238 g/mol. The van der Waals surface area contributed by atoms with E-state index in [1.807, 2.05) is 0 Å². The minimum absolute atomic E-state index is 0.0362. The van der Waals surface area contributed by atoms with Crippen molar-refractivity contribution in [3.05, 3.63) is 0 Å². The number of hydrogen-bond donors (Lipinski definition) is 1. The Kier molecular flexibility index (Phi) is 5.61. The highest BCUT2D eigenvalue weighted by Gasteiger charge is 2.27. The van der Waals surface area contributed by atoms with E-state index in [2.05, 4.69) is 0 Å². The predicted octanol–water partition coefficient (Wildman–Crippen LogP) is 0.653. The minimum atomic E-state index is -0.833. The fraction of sp³-hybridized carbons (Fsp3) is 0.750. The van der Waals surface area contributed by atoms with Gasteiger partial charge < -0.3 is 14.7 Å². The molecule has 0 saturated carbocycles. The Balaban J connectivity index is 2.27. The summed E-state index contributed by atoms with van der Waals surface area (Å²) in [5.41, 5.74) is 0. The van der Waals surface area contributed by atoms with Crippen molar-refractivity contribution in [1.82, 2.24) is 4.90 Å². The fourth-order valence-electron chi connectivity index (χ4n) is 2.07. The third-order valence-corrected chi connectivity index (χ3v) is 2.95. The van der Waals surface area contributed by atoms with Crippen molar-refractivity contribution < 1.29 is 24.2 Å². The van der Waals surface area contributed by atoms with Gasteiger partial charge in [-0.05, 0) is 19.3 Å². The van der Waals surface area contributed by atoms with Gasteiger partial charge in [0.05, 0.1) is 13.0 Å². The van der Waals surface area contributed by atoms with Crippen LogP contribution >= 0.6 is 0 Å². The summed E-state index contributed by atoms with van der Waals surface area (Å²) in [6.07, 6.45) is 1.05. The standard InChI is InChI=1S/C12H19NO5/c1-2-18-12(17)4-3-10(14)13-6-5-9(8-13)7-11(15)16/h9H,2-8H2,1H3,(H,15,16). The van der Waals surface area contributed by atoms with Gasteiger partial charge in [-0.3, -0.25) is 14.4 Å². The third-order valence-electron chi connectivity index (χ3n) is 2.95. The fourth-order valence-corrected chi connectivity index (χ4v) is 2.07. The zero-order valence-electron chi connectivity index (χ0n) is 10.6. The Bertz CT molecular complexity index is 328. The molecule has 1 aliphatic heterocycles. The van der Waals surface area contributed by atoms with Gasteiger partial charge in [-0.25, -0.2) is 0 Å². The highest BCUT2D eigenvalue weighted by atomic mass is 16.5. The van der Waals surface area contributed by atoms with E-state index in [1.165, 1.54) is 0 Å². The van der Waals surface area contributed by atoms with Crippen LogP contribution < -0.4 is 0 Å². The van der Waals surface area contributed by atoms with Crippen LogP contribution in [-0.2, 0) is 19.1 Å². The summed E-state index contributed by atoms with van der Waals surface area (Å²) < 4.78 is 4.74.